The summed E-state index contributed by atoms with van der Waals surface area (Å²) in [4.78, 5) is 25.2. The summed E-state index contributed by atoms with van der Waals surface area (Å²) in [7, 11) is 2.85. The molecule has 2 unspecified atom stereocenters. The van der Waals surface area contributed by atoms with Gasteiger partial charge in [-0.25, -0.2) is 0 Å². The van der Waals surface area contributed by atoms with Gasteiger partial charge in [0.1, 0.15) is 5.75 Å². The number of carbonyl (C=O) groups is 2. The zero-order valence-electron chi connectivity index (χ0n) is 16.3. The Morgan fingerprint density at radius 1 is 0.966 bits per heavy atom. The van der Waals surface area contributed by atoms with E-state index in [2.05, 4.69) is 0 Å². The highest BCUT2D eigenvalue weighted by molar-refractivity contribution is 6.00. The summed E-state index contributed by atoms with van der Waals surface area (Å²) in [6, 6.07) is 22.2. The number of esters is 1. The number of methoxy groups -OCH3 is 2. The number of rotatable bonds is 7. The first kappa shape index (κ1) is 20.1. The molecule has 3 aromatic rings. The summed E-state index contributed by atoms with van der Waals surface area (Å²) in [5, 5.41) is 11.4. The van der Waals surface area contributed by atoms with Crippen molar-refractivity contribution in [3.05, 3.63) is 77.9 Å². The molecule has 0 aliphatic rings. The van der Waals surface area contributed by atoms with Gasteiger partial charge in [0.25, 0.3) is 0 Å². The van der Waals surface area contributed by atoms with Crippen LogP contribution < -0.4 is 4.74 Å². The van der Waals surface area contributed by atoms with E-state index in [1.54, 1.807) is 13.2 Å². The fraction of sp³-hybridized carbons (Fsp3) is 0.208. The quantitative estimate of drug-likeness (QED) is 0.440. The average Bonchev–Trinajstić information content (AvgIpc) is 2.78. The second-order valence-electron chi connectivity index (χ2n) is 6.70. The van der Waals surface area contributed by atoms with Crippen LogP contribution in [0, 0.1) is 17.2 Å². The molecule has 0 heterocycles. The van der Waals surface area contributed by atoms with E-state index in [9.17, 15) is 14.9 Å². The van der Waals surface area contributed by atoms with Gasteiger partial charge in [0.05, 0.1) is 20.3 Å². The van der Waals surface area contributed by atoms with Crippen LogP contribution in [0.3, 0.4) is 0 Å². The molecule has 29 heavy (non-hydrogen) atoms. The van der Waals surface area contributed by atoms with Crippen LogP contribution in [-0.4, -0.2) is 26.0 Å². The van der Waals surface area contributed by atoms with Gasteiger partial charge in [0, 0.05) is 17.9 Å². The standard InChI is InChI=1S/C24H21NO4/c1-28-20-11-10-17-12-19(9-8-18(17)13-20)23(26)14-21(16-6-4-3-5-7-16)22(15-25)24(27)29-2/h3-13,21-22H,14H2,1-2H3. The maximum Gasteiger partial charge on any atom is 0.323 e. The Kier molecular flexibility index (Phi) is 6.25. The fourth-order valence-corrected chi connectivity index (χ4v) is 3.40. The molecule has 146 valence electrons. The summed E-state index contributed by atoms with van der Waals surface area (Å²) < 4.78 is 10.0. The minimum atomic E-state index is -1.06. The molecular weight excluding hydrogens is 366 g/mol. The van der Waals surface area contributed by atoms with E-state index in [-0.39, 0.29) is 12.2 Å². The first-order valence-electron chi connectivity index (χ1n) is 9.20. The summed E-state index contributed by atoms with van der Waals surface area (Å²) in [5.74, 6) is -1.68. The molecule has 0 saturated carbocycles. The molecular formula is C24H21NO4. The molecule has 2 atom stereocenters. The Morgan fingerprint density at radius 3 is 2.31 bits per heavy atom. The first-order valence-corrected chi connectivity index (χ1v) is 9.20. The number of nitriles is 1. The Morgan fingerprint density at radius 2 is 1.66 bits per heavy atom. The van der Waals surface area contributed by atoms with Gasteiger partial charge in [-0.3, -0.25) is 9.59 Å². The molecule has 0 amide bonds. The summed E-state index contributed by atoms with van der Waals surface area (Å²) in [6.45, 7) is 0. The van der Waals surface area contributed by atoms with Crippen molar-refractivity contribution < 1.29 is 19.1 Å². The number of nitrogens with zero attached hydrogens (tertiary/aromatic N) is 1. The van der Waals surface area contributed by atoms with E-state index < -0.39 is 17.8 Å². The van der Waals surface area contributed by atoms with E-state index >= 15 is 0 Å². The molecule has 0 N–H and O–H groups in total. The van der Waals surface area contributed by atoms with Gasteiger partial charge < -0.3 is 9.47 Å². The molecule has 0 spiro atoms. The zero-order valence-corrected chi connectivity index (χ0v) is 16.3. The largest absolute Gasteiger partial charge is 0.497 e. The smallest absolute Gasteiger partial charge is 0.323 e. The summed E-state index contributed by atoms with van der Waals surface area (Å²) >= 11 is 0. The van der Waals surface area contributed by atoms with Crippen molar-refractivity contribution in [2.75, 3.05) is 14.2 Å². The lowest BCUT2D eigenvalue weighted by molar-refractivity contribution is -0.144. The number of fused-ring (bicyclic) bond motifs is 1. The van der Waals surface area contributed by atoms with Crippen LogP contribution in [0.25, 0.3) is 10.8 Å². The molecule has 0 bridgehead atoms. The lowest BCUT2D eigenvalue weighted by Gasteiger charge is -2.20. The molecule has 5 nitrogen and oxygen atoms in total. The van der Waals surface area contributed by atoms with Gasteiger partial charge in [0.15, 0.2) is 11.7 Å². The predicted octanol–water partition coefficient (Wildman–Crippen LogP) is 4.52. The lowest BCUT2D eigenvalue weighted by Crippen LogP contribution is -2.24. The molecule has 3 aromatic carbocycles. The van der Waals surface area contributed by atoms with Crippen molar-refractivity contribution >= 4 is 22.5 Å². The third-order valence-electron chi connectivity index (χ3n) is 5.00. The SMILES string of the molecule is COC(=O)C(C#N)C(CC(=O)c1ccc2cc(OC)ccc2c1)c1ccccc1. The van der Waals surface area contributed by atoms with Crippen LogP contribution in [0.1, 0.15) is 28.3 Å². The number of carbonyl (C=O) groups excluding carboxylic acids is 2. The van der Waals surface area contributed by atoms with Gasteiger partial charge >= 0.3 is 5.97 Å². The lowest BCUT2D eigenvalue weighted by atomic mass is 9.82. The molecule has 0 radical (unpaired) electrons. The third-order valence-corrected chi connectivity index (χ3v) is 5.00. The zero-order chi connectivity index (χ0) is 20.8. The molecule has 0 aliphatic carbocycles. The van der Waals surface area contributed by atoms with Gasteiger partial charge in [-0.1, -0.05) is 48.5 Å². The van der Waals surface area contributed by atoms with Crippen LogP contribution in [0.5, 0.6) is 5.75 Å². The minimum absolute atomic E-state index is 0.0268. The highest BCUT2D eigenvalue weighted by Gasteiger charge is 2.32. The van der Waals surface area contributed by atoms with Crippen molar-refractivity contribution in [3.8, 4) is 11.8 Å². The van der Waals surface area contributed by atoms with E-state index in [0.29, 0.717) is 5.56 Å². The van der Waals surface area contributed by atoms with Crippen LogP contribution >= 0.6 is 0 Å². The Bertz CT molecular complexity index is 1070. The molecule has 0 saturated heterocycles. The maximum absolute atomic E-state index is 13.0. The van der Waals surface area contributed by atoms with Crippen molar-refractivity contribution in [3.63, 3.8) is 0 Å². The Hall–Kier alpha value is -3.65. The normalized spacial score (nSPS) is 12.6. The monoisotopic (exact) mass is 387 g/mol. The van der Waals surface area contributed by atoms with E-state index in [4.69, 9.17) is 9.47 Å². The van der Waals surface area contributed by atoms with Crippen LogP contribution in [0.2, 0.25) is 0 Å². The Balaban J connectivity index is 1.93. The number of ether oxygens (including phenoxy) is 2. The number of Topliss-reactive ketones (excluding diaryl/α,β-unsaturated/α-hetero) is 1. The molecule has 0 aliphatic heterocycles. The fourth-order valence-electron chi connectivity index (χ4n) is 3.40. The number of ketones is 1. The Labute approximate surface area is 169 Å². The van der Waals surface area contributed by atoms with E-state index in [1.807, 2.05) is 66.7 Å². The molecule has 5 heteroatoms. The minimum Gasteiger partial charge on any atom is -0.497 e. The summed E-state index contributed by atoms with van der Waals surface area (Å²) in [6.07, 6.45) is 0.0268. The first-order chi connectivity index (χ1) is 14.1. The van der Waals surface area contributed by atoms with Crippen LogP contribution in [0.4, 0.5) is 0 Å². The number of hydrogen-bond donors (Lipinski definition) is 0. The van der Waals surface area contributed by atoms with Crippen molar-refractivity contribution in [1.82, 2.24) is 0 Å². The van der Waals surface area contributed by atoms with Gasteiger partial charge in [-0.05, 0) is 34.5 Å². The second-order valence-corrected chi connectivity index (χ2v) is 6.70. The molecule has 3 rings (SSSR count). The third kappa shape index (κ3) is 4.44. The van der Waals surface area contributed by atoms with Gasteiger partial charge in [-0.2, -0.15) is 5.26 Å². The number of hydrogen-bond acceptors (Lipinski definition) is 5. The highest BCUT2D eigenvalue weighted by Crippen LogP contribution is 2.31. The average molecular weight is 387 g/mol. The topological polar surface area (TPSA) is 76.4 Å². The second kappa shape index (κ2) is 9.03. The maximum atomic E-state index is 13.0. The predicted molar refractivity (Wildman–Crippen MR) is 110 cm³/mol. The van der Waals surface area contributed by atoms with Gasteiger partial charge in [-0.15, -0.1) is 0 Å². The number of benzene rings is 3. The van der Waals surface area contributed by atoms with E-state index in [1.165, 1.54) is 7.11 Å². The molecule has 0 aromatic heterocycles. The van der Waals surface area contributed by atoms with E-state index in [0.717, 1.165) is 22.1 Å². The van der Waals surface area contributed by atoms with Crippen molar-refractivity contribution in [2.24, 2.45) is 5.92 Å². The summed E-state index contributed by atoms with van der Waals surface area (Å²) in [5.41, 5.74) is 1.29. The van der Waals surface area contributed by atoms with Crippen LogP contribution in [0.15, 0.2) is 66.7 Å². The highest BCUT2D eigenvalue weighted by atomic mass is 16.5. The van der Waals surface area contributed by atoms with Crippen molar-refractivity contribution in [2.45, 2.75) is 12.3 Å². The van der Waals surface area contributed by atoms with Crippen LogP contribution in [-0.2, 0) is 9.53 Å². The van der Waals surface area contributed by atoms with Crippen molar-refractivity contribution in [1.29, 1.82) is 5.26 Å². The van der Waals surface area contributed by atoms with Gasteiger partial charge in [0.2, 0.25) is 0 Å². The molecule has 0 fully saturated rings.